The highest BCUT2D eigenvalue weighted by Crippen LogP contribution is 2.50. The Morgan fingerprint density at radius 2 is 0.780 bits per heavy atom. The van der Waals surface area contributed by atoms with Gasteiger partial charge in [0.2, 0.25) is 0 Å². The van der Waals surface area contributed by atoms with E-state index in [1.165, 1.54) is 163 Å². The van der Waals surface area contributed by atoms with Crippen LogP contribution in [0.25, 0.3) is 39.0 Å². The largest absolute Gasteiger partial charge is 0.143 e. The molecular formula is C45H62S5. The summed E-state index contributed by atoms with van der Waals surface area (Å²) in [4.78, 5) is 13.6. The molecule has 0 radical (unpaired) electrons. The van der Waals surface area contributed by atoms with Crippen LogP contribution in [0.4, 0.5) is 0 Å². The molecule has 272 valence electrons. The normalized spacial score (nSPS) is 11.7. The Hall–Kier alpha value is -1.50. The van der Waals surface area contributed by atoms with Gasteiger partial charge < -0.3 is 0 Å². The predicted octanol–water partition coefficient (Wildman–Crippen LogP) is 17.5. The van der Waals surface area contributed by atoms with Crippen LogP contribution < -0.4 is 0 Å². The maximum Gasteiger partial charge on any atom is 0.0481 e. The standard InChI is InChI=1S/C45H62S5/c1-6-10-14-18-22-34-28-29-46-42(34)39-30-36(24-20-16-12-8-3)44(48-39)41-32-37(25-21-17-13-9-4)45(50-41)40-31-35(23-19-15-11-7-2)43(49-40)38-27-26-33(5)47-38/h26-32H,6-25H2,1-5H3. The van der Waals surface area contributed by atoms with E-state index in [0.29, 0.717) is 0 Å². The van der Waals surface area contributed by atoms with E-state index >= 15 is 0 Å². The maximum absolute atomic E-state index is 2.63. The number of unbranched alkanes of at least 4 members (excludes halogenated alkanes) is 12. The van der Waals surface area contributed by atoms with E-state index in [-0.39, 0.29) is 0 Å². The van der Waals surface area contributed by atoms with Gasteiger partial charge in [0.1, 0.15) is 0 Å². The molecule has 0 aliphatic heterocycles. The molecule has 5 aromatic rings. The number of hydrogen-bond acceptors (Lipinski definition) is 5. The van der Waals surface area contributed by atoms with Gasteiger partial charge in [0.25, 0.3) is 0 Å². The van der Waals surface area contributed by atoms with Crippen LogP contribution in [0.15, 0.2) is 41.8 Å². The zero-order chi connectivity index (χ0) is 35.1. The predicted molar refractivity (Wildman–Crippen MR) is 234 cm³/mol. The van der Waals surface area contributed by atoms with Crippen LogP contribution >= 0.6 is 56.7 Å². The summed E-state index contributed by atoms with van der Waals surface area (Å²) in [5, 5.41) is 2.34. The van der Waals surface area contributed by atoms with E-state index in [9.17, 15) is 0 Å². The molecule has 0 aromatic carbocycles. The van der Waals surface area contributed by atoms with Gasteiger partial charge in [0.15, 0.2) is 0 Å². The minimum absolute atomic E-state index is 1.19. The summed E-state index contributed by atoms with van der Waals surface area (Å²) in [6.07, 6.45) is 25.9. The SMILES string of the molecule is CCCCCCc1ccsc1-c1cc(CCCCCC)c(-c2cc(CCCCCC)c(-c3cc(CCCCCC)c(-c4ccc(C)s4)s3)s2)s1. The molecule has 5 rings (SSSR count). The van der Waals surface area contributed by atoms with Gasteiger partial charge in [-0.1, -0.05) is 105 Å². The van der Waals surface area contributed by atoms with Gasteiger partial charge in [0, 0.05) is 43.9 Å². The first kappa shape index (κ1) is 39.7. The molecule has 5 heteroatoms. The van der Waals surface area contributed by atoms with Gasteiger partial charge >= 0.3 is 0 Å². The zero-order valence-corrected chi connectivity index (χ0v) is 35.8. The highest BCUT2D eigenvalue weighted by molar-refractivity contribution is 7.30. The summed E-state index contributed by atoms with van der Waals surface area (Å²) >= 11 is 10.2. The Labute approximate surface area is 325 Å². The molecule has 5 aromatic heterocycles. The molecule has 0 aliphatic rings. The fourth-order valence-corrected chi connectivity index (χ4v) is 13.1. The molecule has 0 N–H and O–H groups in total. The van der Waals surface area contributed by atoms with Crippen molar-refractivity contribution in [2.24, 2.45) is 0 Å². The lowest BCUT2D eigenvalue weighted by atomic mass is 10.0. The van der Waals surface area contributed by atoms with Crippen molar-refractivity contribution < 1.29 is 0 Å². The second kappa shape index (κ2) is 21.3. The fraction of sp³-hybridized carbons (Fsp3) is 0.556. The monoisotopic (exact) mass is 762 g/mol. The summed E-state index contributed by atoms with van der Waals surface area (Å²) in [6, 6.07) is 14.9. The van der Waals surface area contributed by atoms with Crippen LogP contribution in [-0.4, -0.2) is 0 Å². The average Bonchev–Trinajstić information content (AvgIpc) is 3.96. The summed E-state index contributed by atoms with van der Waals surface area (Å²) in [7, 11) is 0. The molecule has 0 unspecified atom stereocenters. The molecule has 0 atom stereocenters. The van der Waals surface area contributed by atoms with Gasteiger partial charge in [0.05, 0.1) is 0 Å². The molecule has 0 fully saturated rings. The Bertz CT molecular complexity index is 1680. The Morgan fingerprint density at radius 3 is 1.18 bits per heavy atom. The van der Waals surface area contributed by atoms with E-state index in [2.05, 4.69) is 110 Å². The number of aryl methyl sites for hydroxylation is 5. The quantitative estimate of drug-likeness (QED) is 0.0549. The molecule has 0 spiro atoms. The topological polar surface area (TPSA) is 0 Å². The number of rotatable bonds is 24. The first-order valence-corrected chi connectivity index (χ1v) is 24.2. The van der Waals surface area contributed by atoms with Crippen LogP contribution in [0, 0.1) is 6.92 Å². The van der Waals surface area contributed by atoms with Gasteiger partial charge in [-0.05, 0) is 122 Å². The van der Waals surface area contributed by atoms with Gasteiger partial charge in [-0.3, -0.25) is 0 Å². The van der Waals surface area contributed by atoms with Crippen molar-refractivity contribution in [3.63, 3.8) is 0 Å². The maximum atomic E-state index is 2.63. The summed E-state index contributed by atoms with van der Waals surface area (Å²) < 4.78 is 0. The van der Waals surface area contributed by atoms with E-state index < -0.39 is 0 Å². The van der Waals surface area contributed by atoms with E-state index in [0.717, 1.165) is 0 Å². The Morgan fingerprint density at radius 1 is 0.380 bits per heavy atom. The van der Waals surface area contributed by atoms with Gasteiger partial charge in [-0.25, -0.2) is 0 Å². The van der Waals surface area contributed by atoms with Crippen LogP contribution in [-0.2, 0) is 25.7 Å². The van der Waals surface area contributed by atoms with Gasteiger partial charge in [-0.2, -0.15) is 0 Å². The zero-order valence-electron chi connectivity index (χ0n) is 31.7. The first-order chi connectivity index (χ1) is 24.6. The lowest BCUT2D eigenvalue weighted by Crippen LogP contribution is -1.87. The van der Waals surface area contributed by atoms with E-state index in [4.69, 9.17) is 0 Å². The molecule has 5 heterocycles. The smallest absolute Gasteiger partial charge is 0.0481 e. The van der Waals surface area contributed by atoms with Crippen molar-refractivity contribution in [3.05, 3.63) is 68.9 Å². The van der Waals surface area contributed by atoms with Crippen LogP contribution in [0.3, 0.4) is 0 Å². The van der Waals surface area contributed by atoms with Crippen molar-refractivity contribution in [2.45, 2.75) is 163 Å². The summed E-state index contributed by atoms with van der Waals surface area (Å²) in [6.45, 7) is 11.5. The van der Waals surface area contributed by atoms with E-state index in [1.807, 2.05) is 22.7 Å². The van der Waals surface area contributed by atoms with Crippen molar-refractivity contribution in [3.8, 4) is 39.0 Å². The number of hydrogen-bond donors (Lipinski definition) is 0. The molecule has 0 bridgehead atoms. The fourth-order valence-electron chi connectivity index (χ4n) is 7.08. The second-order valence-corrected chi connectivity index (χ2v) is 19.7. The second-order valence-electron chi connectivity index (χ2n) is 14.3. The van der Waals surface area contributed by atoms with Crippen molar-refractivity contribution in [1.82, 2.24) is 0 Å². The van der Waals surface area contributed by atoms with Gasteiger partial charge in [-0.15, -0.1) is 56.7 Å². The minimum Gasteiger partial charge on any atom is -0.143 e. The summed E-state index contributed by atoms with van der Waals surface area (Å²) in [5.74, 6) is 0. The van der Waals surface area contributed by atoms with Crippen LogP contribution in [0.1, 0.15) is 158 Å². The molecule has 0 amide bonds. The highest BCUT2D eigenvalue weighted by Gasteiger charge is 2.22. The summed E-state index contributed by atoms with van der Waals surface area (Å²) in [5.41, 5.74) is 6.33. The third kappa shape index (κ3) is 11.0. The minimum atomic E-state index is 1.19. The molecule has 0 saturated carbocycles. The Kier molecular flexibility index (Phi) is 16.9. The van der Waals surface area contributed by atoms with E-state index in [1.54, 1.807) is 32.0 Å². The van der Waals surface area contributed by atoms with Crippen LogP contribution in [0.2, 0.25) is 0 Å². The molecule has 0 nitrogen and oxygen atoms in total. The molecule has 50 heavy (non-hydrogen) atoms. The van der Waals surface area contributed by atoms with Crippen LogP contribution in [0.5, 0.6) is 0 Å². The first-order valence-electron chi connectivity index (χ1n) is 20.1. The number of thiophene rings is 5. The third-order valence-electron chi connectivity index (χ3n) is 10.0. The lowest BCUT2D eigenvalue weighted by molar-refractivity contribution is 0.667. The molecule has 0 saturated heterocycles. The third-order valence-corrected chi connectivity index (χ3v) is 16.2. The van der Waals surface area contributed by atoms with Crippen molar-refractivity contribution in [1.29, 1.82) is 0 Å². The molecule has 0 aliphatic carbocycles. The average molecular weight is 763 g/mol. The van der Waals surface area contributed by atoms with Crippen molar-refractivity contribution in [2.75, 3.05) is 0 Å². The molecular weight excluding hydrogens is 701 g/mol. The van der Waals surface area contributed by atoms with Crippen molar-refractivity contribution >= 4 is 56.7 Å². The lowest BCUT2D eigenvalue weighted by Gasteiger charge is -2.02. The highest BCUT2D eigenvalue weighted by atomic mass is 32.1. The Balaban J connectivity index is 1.53.